The van der Waals surface area contributed by atoms with Crippen molar-refractivity contribution < 1.29 is 9.72 Å². The number of benzene rings is 2. The van der Waals surface area contributed by atoms with Crippen molar-refractivity contribution in [2.75, 3.05) is 36.8 Å². The van der Waals surface area contributed by atoms with Crippen molar-refractivity contribution in [3.63, 3.8) is 0 Å². The molecule has 11 heteroatoms. The van der Waals surface area contributed by atoms with Gasteiger partial charge in [0.15, 0.2) is 5.11 Å². The van der Waals surface area contributed by atoms with E-state index in [1.807, 2.05) is 21.9 Å². The van der Waals surface area contributed by atoms with Crippen LogP contribution in [0.15, 0.2) is 47.4 Å². The van der Waals surface area contributed by atoms with Gasteiger partial charge in [-0.2, -0.15) is 0 Å². The molecule has 3 rings (SSSR count). The average molecular weight is 485 g/mol. The molecule has 0 atom stereocenters. The Bertz CT molecular complexity index is 951. The molecule has 0 saturated carbocycles. The summed E-state index contributed by atoms with van der Waals surface area (Å²) in [6, 6.07) is 11.7. The van der Waals surface area contributed by atoms with Crippen LogP contribution < -0.4 is 10.2 Å². The fourth-order valence-electron chi connectivity index (χ4n) is 2.93. The third-order valence-corrected chi connectivity index (χ3v) is 6.41. The standard InChI is InChI=1S/C19H18Cl2N4O3S2/c20-13-1-4-15(5-2-13)30-12-18(26)22-19(29)24-9-7-23(8-10-24)17-6-3-14(25(27)28)11-16(17)21/h1-6,11H,7-10,12H2,(H,22,26,29). The van der Waals surface area contributed by atoms with Crippen LogP contribution in [0.3, 0.4) is 0 Å². The first-order valence-electron chi connectivity index (χ1n) is 8.99. The fourth-order valence-corrected chi connectivity index (χ4v) is 4.35. The molecule has 1 aliphatic heterocycles. The quantitative estimate of drug-likeness (QED) is 0.294. The minimum Gasteiger partial charge on any atom is -0.367 e. The topological polar surface area (TPSA) is 78.7 Å². The van der Waals surface area contributed by atoms with Gasteiger partial charge in [0.25, 0.3) is 5.69 Å². The van der Waals surface area contributed by atoms with Crippen LogP contribution in [0.25, 0.3) is 0 Å². The minimum absolute atomic E-state index is 0.0391. The molecule has 0 bridgehead atoms. The highest BCUT2D eigenvalue weighted by Crippen LogP contribution is 2.30. The van der Waals surface area contributed by atoms with E-state index in [1.54, 1.807) is 18.2 Å². The summed E-state index contributed by atoms with van der Waals surface area (Å²) in [6.07, 6.45) is 0. The van der Waals surface area contributed by atoms with Crippen molar-refractivity contribution in [2.24, 2.45) is 0 Å². The van der Waals surface area contributed by atoms with Gasteiger partial charge in [-0.25, -0.2) is 0 Å². The van der Waals surface area contributed by atoms with Gasteiger partial charge in [0, 0.05) is 48.2 Å². The Balaban J connectivity index is 1.47. The summed E-state index contributed by atoms with van der Waals surface area (Å²) in [5, 5.41) is 15.0. The number of piperazine rings is 1. The van der Waals surface area contributed by atoms with E-state index in [2.05, 4.69) is 5.32 Å². The highest BCUT2D eigenvalue weighted by Gasteiger charge is 2.22. The third-order valence-electron chi connectivity index (χ3n) is 4.48. The number of thioether (sulfide) groups is 1. The number of halogens is 2. The number of non-ortho nitro benzene ring substituents is 1. The zero-order chi connectivity index (χ0) is 21.7. The van der Waals surface area contributed by atoms with E-state index in [1.165, 1.54) is 23.9 Å². The van der Waals surface area contributed by atoms with Crippen LogP contribution >= 0.6 is 47.2 Å². The van der Waals surface area contributed by atoms with Gasteiger partial charge in [0.1, 0.15) is 0 Å². The molecule has 0 spiro atoms. The van der Waals surface area contributed by atoms with Gasteiger partial charge in [0.2, 0.25) is 5.91 Å². The molecule has 0 aliphatic carbocycles. The Morgan fingerprint density at radius 1 is 1.13 bits per heavy atom. The van der Waals surface area contributed by atoms with E-state index < -0.39 is 4.92 Å². The number of nitrogens with zero attached hydrogens (tertiary/aromatic N) is 3. The van der Waals surface area contributed by atoms with Crippen LogP contribution in [-0.2, 0) is 4.79 Å². The van der Waals surface area contributed by atoms with Gasteiger partial charge >= 0.3 is 0 Å². The first-order chi connectivity index (χ1) is 14.3. The number of hydrogen-bond donors (Lipinski definition) is 1. The van der Waals surface area contributed by atoms with Crippen LogP contribution in [0, 0.1) is 10.1 Å². The van der Waals surface area contributed by atoms with Gasteiger partial charge < -0.3 is 15.1 Å². The summed E-state index contributed by atoms with van der Waals surface area (Å²) in [5.74, 6) is 0.0842. The largest absolute Gasteiger partial charge is 0.367 e. The number of rotatable bonds is 5. The Hall–Kier alpha value is -2.07. The van der Waals surface area contributed by atoms with E-state index in [9.17, 15) is 14.9 Å². The van der Waals surface area contributed by atoms with Crippen LogP contribution in [0.1, 0.15) is 0 Å². The number of carbonyl (C=O) groups excluding carboxylic acids is 1. The molecule has 1 amide bonds. The van der Waals surface area contributed by atoms with Gasteiger partial charge in [-0.05, 0) is 42.5 Å². The monoisotopic (exact) mass is 484 g/mol. The van der Waals surface area contributed by atoms with Crippen LogP contribution in [0.5, 0.6) is 0 Å². The highest BCUT2D eigenvalue weighted by atomic mass is 35.5. The smallest absolute Gasteiger partial charge is 0.271 e. The molecule has 158 valence electrons. The van der Waals surface area contributed by atoms with Crippen molar-refractivity contribution in [2.45, 2.75) is 4.90 Å². The predicted molar refractivity (Wildman–Crippen MR) is 125 cm³/mol. The first kappa shape index (κ1) is 22.6. The molecule has 1 aliphatic rings. The molecule has 1 N–H and O–H groups in total. The number of hydrogen-bond acceptors (Lipinski definition) is 6. The van der Waals surface area contributed by atoms with Gasteiger partial charge in [-0.15, -0.1) is 11.8 Å². The summed E-state index contributed by atoms with van der Waals surface area (Å²) in [6.45, 7) is 2.48. The Morgan fingerprint density at radius 2 is 1.80 bits per heavy atom. The molecule has 2 aromatic rings. The van der Waals surface area contributed by atoms with Gasteiger partial charge in [-0.3, -0.25) is 14.9 Å². The van der Waals surface area contributed by atoms with E-state index >= 15 is 0 Å². The average Bonchev–Trinajstić information content (AvgIpc) is 2.73. The second-order valence-electron chi connectivity index (χ2n) is 6.46. The zero-order valence-corrected chi connectivity index (χ0v) is 18.9. The Morgan fingerprint density at radius 3 is 2.40 bits per heavy atom. The Labute approximate surface area is 193 Å². The summed E-state index contributed by atoms with van der Waals surface area (Å²) in [5.41, 5.74) is 0.707. The lowest BCUT2D eigenvalue weighted by atomic mass is 10.2. The number of nitro groups is 1. The molecule has 1 heterocycles. The first-order valence-corrected chi connectivity index (χ1v) is 11.1. The van der Waals surface area contributed by atoms with Gasteiger partial charge in [0.05, 0.1) is 21.4 Å². The summed E-state index contributed by atoms with van der Waals surface area (Å²) < 4.78 is 0. The zero-order valence-electron chi connectivity index (χ0n) is 15.7. The molecule has 0 aromatic heterocycles. The van der Waals surface area contributed by atoms with Crippen LogP contribution in [0.4, 0.5) is 11.4 Å². The molecule has 0 radical (unpaired) electrons. The number of carbonyl (C=O) groups is 1. The predicted octanol–water partition coefficient (Wildman–Crippen LogP) is 4.22. The lowest BCUT2D eigenvalue weighted by molar-refractivity contribution is -0.384. The lowest BCUT2D eigenvalue weighted by Gasteiger charge is -2.37. The fraction of sp³-hybridized carbons (Fsp3) is 0.263. The van der Waals surface area contributed by atoms with Gasteiger partial charge in [-0.1, -0.05) is 23.2 Å². The summed E-state index contributed by atoms with van der Waals surface area (Å²) in [7, 11) is 0. The van der Waals surface area contributed by atoms with E-state index in [0.29, 0.717) is 41.3 Å². The molecule has 0 unspecified atom stereocenters. The van der Waals surface area contributed by atoms with Crippen molar-refractivity contribution in [3.05, 3.63) is 62.6 Å². The van der Waals surface area contributed by atoms with Crippen molar-refractivity contribution in [1.29, 1.82) is 0 Å². The minimum atomic E-state index is -0.472. The second kappa shape index (κ2) is 10.3. The maximum atomic E-state index is 12.2. The van der Waals surface area contributed by atoms with Crippen LogP contribution in [0.2, 0.25) is 10.0 Å². The SMILES string of the molecule is O=C(CSc1ccc(Cl)cc1)NC(=S)N1CCN(c2ccc([N+](=O)[O-])cc2Cl)CC1. The Kier molecular flexibility index (Phi) is 7.76. The molecule has 1 fully saturated rings. The summed E-state index contributed by atoms with van der Waals surface area (Å²) in [4.78, 5) is 27.5. The maximum Gasteiger partial charge on any atom is 0.271 e. The van der Waals surface area contributed by atoms with Crippen LogP contribution in [-0.4, -0.2) is 52.8 Å². The third kappa shape index (κ3) is 5.98. The van der Waals surface area contributed by atoms with E-state index in [4.69, 9.17) is 35.4 Å². The molecule has 30 heavy (non-hydrogen) atoms. The van der Waals surface area contributed by atoms with Crippen molar-refractivity contribution in [3.8, 4) is 0 Å². The summed E-state index contributed by atoms with van der Waals surface area (Å²) >= 11 is 18.9. The highest BCUT2D eigenvalue weighted by molar-refractivity contribution is 8.00. The van der Waals surface area contributed by atoms with Crippen molar-refractivity contribution in [1.82, 2.24) is 10.2 Å². The number of nitrogens with one attached hydrogen (secondary N) is 1. The van der Waals surface area contributed by atoms with Crippen molar-refractivity contribution >= 4 is 69.6 Å². The molecule has 7 nitrogen and oxygen atoms in total. The lowest BCUT2D eigenvalue weighted by Crippen LogP contribution is -2.53. The number of amides is 1. The normalized spacial score (nSPS) is 13.8. The number of nitro benzene ring substituents is 1. The second-order valence-corrected chi connectivity index (χ2v) is 8.74. The number of thiocarbonyl (C=S) groups is 1. The molecular formula is C19H18Cl2N4O3S2. The molecule has 2 aromatic carbocycles. The van der Waals surface area contributed by atoms with E-state index in [0.717, 1.165) is 10.6 Å². The molecule has 1 saturated heterocycles. The van der Waals surface area contributed by atoms with E-state index in [-0.39, 0.29) is 17.3 Å². The number of anilines is 1. The maximum absolute atomic E-state index is 12.2. The molecular weight excluding hydrogens is 467 g/mol.